The van der Waals surface area contributed by atoms with Crippen LogP contribution >= 0.6 is 11.3 Å². The predicted molar refractivity (Wildman–Crippen MR) is 155 cm³/mol. The molecule has 5 aromatic rings. The maximum Gasteiger partial charge on any atom is 0.210 e. The Balaban J connectivity index is 1.66. The number of nitrogens with zero attached hydrogens (tertiary/aromatic N) is 2. The molecule has 0 aliphatic heterocycles. The second-order valence-corrected chi connectivity index (χ2v) is 10.3. The summed E-state index contributed by atoms with van der Waals surface area (Å²) in [6, 6.07) is 21.3. The number of hydrogen-bond acceptors (Lipinski definition) is 8. The van der Waals surface area contributed by atoms with E-state index in [0.29, 0.717) is 28.0 Å². The van der Waals surface area contributed by atoms with Gasteiger partial charge in [0.1, 0.15) is 22.8 Å². The van der Waals surface area contributed by atoms with E-state index in [1.54, 1.807) is 21.3 Å². The molecule has 3 aromatic carbocycles. The molecule has 0 fully saturated rings. The summed E-state index contributed by atoms with van der Waals surface area (Å²) in [6.45, 7) is 6.04. The Morgan fingerprint density at radius 2 is 1.51 bits per heavy atom. The Morgan fingerprint density at radius 1 is 0.795 bits per heavy atom. The van der Waals surface area contributed by atoms with Crippen molar-refractivity contribution in [2.45, 2.75) is 26.9 Å². The van der Waals surface area contributed by atoms with Crippen LogP contribution in [0.25, 0.3) is 33.6 Å². The number of methoxy groups -OCH3 is 3. The minimum Gasteiger partial charge on any atom is -0.497 e. The molecule has 0 amide bonds. The fourth-order valence-corrected chi connectivity index (χ4v) is 5.08. The summed E-state index contributed by atoms with van der Waals surface area (Å²) in [5.41, 5.74) is 3.40. The normalized spacial score (nSPS) is 11.7. The van der Waals surface area contributed by atoms with Crippen molar-refractivity contribution in [2.75, 3.05) is 21.3 Å². The van der Waals surface area contributed by atoms with E-state index >= 15 is 0 Å². The van der Waals surface area contributed by atoms with Crippen LogP contribution in [-0.2, 0) is 0 Å². The van der Waals surface area contributed by atoms with Crippen molar-refractivity contribution in [1.29, 1.82) is 0 Å². The molecule has 39 heavy (non-hydrogen) atoms. The van der Waals surface area contributed by atoms with Crippen LogP contribution in [0.1, 0.15) is 18.7 Å². The third kappa shape index (κ3) is 5.61. The molecule has 200 valence electrons. The highest BCUT2D eigenvalue weighted by Crippen LogP contribution is 2.37. The number of thiazole rings is 1. The van der Waals surface area contributed by atoms with Gasteiger partial charge in [-0.25, -0.2) is 9.98 Å². The summed E-state index contributed by atoms with van der Waals surface area (Å²) in [5.74, 6) is 3.54. The van der Waals surface area contributed by atoms with Crippen molar-refractivity contribution in [3.8, 4) is 45.6 Å². The Kier molecular flexibility index (Phi) is 7.56. The second-order valence-electron chi connectivity index (χ2n) is 9.13. The highest BCUT2D eigenvalue weighted by molar-refractivity contribution is 7.15. The number of hydrogen-bond donors (Lipinski definition) is 0. The van der Waals surface area contributed by atoms with Crippen LogP contribution < -0.4 is 24.3 Å². The molecule has 5 rings (SSSR count). The molecule has 0 saturated heterocycles. The first-order valence-corrected chi connectivity index (χ1v) is 13.3. The van der Waals surface area contributed by atoms with Gasteiger partial charge in [0.05, 0.1) is 38.5 Å². The molecule has 0 atom stereocenters. The van der Waals surface area contributed by atoms with Crippen molar-refractivity contribution >= 4 is 27.4 Å². The van der Waals surface area contributed by atoms with Gasteiger partial charge in [0.15, 0.2) is 11.5 Å². The first-order valence-electron chi connectivity index (χ1n) is 12.5. The molecule has 2 heterocycles. The maximum atomic E-state index is 6.31. The molecular weight excluding hydrogens is 512 g/mol. The van der Waals surface area contributed by atoms with Gasteiger partial charge in [-0.1, -0.05) is 11.3 Å². The first kappa shape index (κ1) is 26.3. The number of aromatic nitrogens is 1. The summed E-state index contributed by atoms with van der Waals surface area (Å²) in [5, 5.41) is 2.22. The van der Waals surface area contributed by atoms with Gasteiger partial charge >= 0.3 is 0 Å². The van der Waals surface area contributed by atoms with Gasteiger partial charge in [0, 0.05) is 27.5 Å². The van der Waals surface area contributed by atoms with Gasteiger partial charge in [-0.15, -0.1) is 0 Å². The van der Waals surface area contributed by atoms with Crippen LogP contribution in [0.4, 0.5) is 5.13 Å². The smallest absolute Gasteiger partial charge is 0.210 e. The lowest BCUT2D eigenvalue weighted by molar-refractivity contribution is 0.242. The first-order chi connectivity index (χ1) is 18.9. The summed E-state index contributed by atoms with van der Waals surface area (Å²) in [4.78, 5) is 10.9. The van der Waals surface area contributed by atoms with E-state index in [1.165, 1.54) is 11.3 Å². The molecule has 0 radical (unpaired) electrons. The van der Waals surface area contributed by atoms with E-state index in [0.717, 1.165) is 43.9 Å². The SMILES string of the molecule is COc1ccc(-c2cc(=Nc3nc(-c4ccc(OC)c(OC)c4)c(C)s3)c3cc(OC(C)C)ccc3o2)cc1. The van der Waals surface area contributed by atoms with Gasteiger partial charge in [0.25, 0.3) is 0 Å². The average molecular weight is 543 g/mol. The molecule has 0 aliphatic carbocycles. The van der Waals surface area contributed by atoms with Gasteiger partial charge in [-0.3, -0.25) is 0 Å². The minimum absolute atomic E-state index is 0.0454. The Bertz CT molecular complexity index is 1690. The standard InChI is InChI=1S/C31H30N2O5S/c1-18(2)37-23-12-14-26-24(16-23)25(17-28(38-26)20-7-10-22(34-4)11-8-20)32-31-33-30(19(3)39-31)21-9-13-27(35-5)29(15-21)36-6/h7-18H,1-6H3. The third-order valence-electron chi connectivity index (χ3n) is 6.12. The van der Waals surface area contributed by atoms with E-state index in [2.05, 4.69) is 0 Å². The molecule has 0 unspecified atom stereocenters. The zero-order chi connectivity index (χ0) is 27.5. The van der Waals surface area contributed by atoms with Crippen LogP contribution in [0.5, 0.6) is 23.0 Å². The highest BCUT2D eigenvalue weighted by atomic mass is 32.1. The van der Waals surface area contributed by atoms with Gasteiger partial charge in [0.2, 0.25) is 5.13 Å². The van der Waals surface area contributed by atoms with Crippen molar-refractivity contribution < 1.29 is 23.4 Å². The van der Waals surface area contributed by atoms with E-state index in [4.69, 9.17) is 33.3 Å². The van der Waals surface area contributed by atoms with Crippen LogP contribution in [0.3, 0.4) is 0 Å². The van der Waals surface area contributed by atoms with Crippen LogP contribution in [0, 0.1) is 6.92 Å². The number of fused-ring (bicyclic) bond motifs is 1. The van der Waals surface area contributed by atoms with E-state index < -0.39 is 0 Å². The molecule has 0 spiro atoms. The second kappa shape index (κ2) is 11.2. The summed E-state index contributed by atoms with van der Waals surface area (Å²) in [6.07, 6.45) is 0.0454. The lowest BCUT2D eigenvalue weighted by Crippen LogP contribution is -2.07. The van der Waals surface area contributed by atoms with Gasteiger partial charge < -0.3 is 23.4 Å². The summed E-state index contributed by atoms with van der Waals surface area (Å²) in [7, 11) is 4.89. The largest absolute Gasteiger partial charge is 0.497 e. The van der Waals surface area contributed by atoms with E-state index in [1.807, 2.05) is 87.5 Å². The lowest BCUT2D eigenvalue weighted by atomic mass is 10.1. The Hall–Kier alpha value is -4.30. The fraction of sp³-hybridized carbons (Fsp3) is 0.226. The minimum atomic E-state index is 0.0454. The number of ether oxygens (including phenoxy) is 4. The molecular formula is C31H30N2O5S. The Morgan fingerprint density at radius 3 is 2.21 bits per heavy atom. The van der Waals surface area contributed by atoms with Gasteiger partial charge in [-0.05, 0) is 81.4 Å². The van der Waals surface area contributed by atoms with Crippen LogP contribution in [0.2, 0.25) is 0 Å². The van der Waals surface area contributed by atoms with Crippen LogP contribution in [-0.4, -0.2) is 32.4 Å². The number of aryl methyl sites for hydroxylation is 1. The molecule has 7 nitrogen and oxygen atoms in total. The van der Waals surface area contributed by atoms with Crippen molar-refractivity contribution in [2.24, 2.45) is 4.99 Å². The van der Waals surface area contributed by atoms with Crippen molar-refractivity contribution in [3.05, 3.63) is 77.0 Å². The molecule has 0 saturated carbocycles. The van der Waals surface area contributed by atoms with Crippen LogP contribution in [0.15, 0.2) is 76.1 Å². The monoisotopic (exact) mass is 542 g/mol. The zero-order valence-corrected chi connectivity index (χ0v) is 23.6. The van der Waals surface area contributed by atoms with Gasteiger partial charge in [-0.2, -0.15) is 0 Å². The average Bonchev–Trinajstić information content (AvgIpc) is 3.32. The van der Waals surface area contributed by atoms with Crippen molar-refractivity contribution in [3.63, 3.8) is 0 Å². The summed E-state index contributed by atoms with van der Waals surface area (Å²) < 4.78 is 28.5. The molecule has 0 N–H and O–H groups in total. The number of benzene rings is 3. The Labute approximate surface area is 231 Å². The molecule has 0 bridgehead atoms. The third-order valence-corrected chi connectivity index (χ3v) is 6.98. The maximum absolute atomic E-state index is 6.31. The summed E-state index contributed by atoms with van der Waals surface area (Å²) >= 11 is 1.53. The zero-order valence-electron chi connectivity index (χ0n) is 22.8. The molecule has 0 aliphatic rings. The quantitative estimate of drug-likeness (QED) is 0.201. The topological polar surface area (TPSA) is 75.3 Å². The molecule has 2 aromatic heterocycles. The van der Waals surface area contributed by atoms with E-state index in [-0.39, 0.29) is 6.10 Å². The highest BCUT2D eigenvalue weighted by Gasteiger charge is 2.14. The fourth-order valence-electron chi connectivity index (χ4n) is 4.27. The predicted octanol–water partition coefficient (Wildman–Crippen LogP) is 7.58. The lowest BCUT2D eigenvalue weighted by Gasteiger charge is -2.11. The molecule has 8 heteroatoms. The van der Waals surface area contributed by atoms with E-state index in [9.17, 15) is 0 Å². The van der Waals surface area contributed by atoms with Crippen molar-refractivity contribution in [1.82, 2.24) is 4.98 Å². The number of rotatable bonds is 8.